The van der Waals surface area contributed by atoms with E-state index in [1.165, 1.54) is 0 Å². The van der Waals surface area contributed by atoms with Crippen molar-refractivity contribution in [1.29, 1.82) is 0 Å². The molecule has 0 aliphatic carbocycles. The molecule has 1 fully saturated rings. The maximum Gasteiger partial charge on any atom is 0.451 e. The van der Waals surface area contributed by atoms with Crippen LogP contribution in [-0.4, -0.2) is 64.1 Å². The number of hydrogen-bond acceptors (Lipinski definition) is 6. The molecular weight excluding hydrogens is 279 g/mol. The fraction of sp³-hybridized carbons (Fsp3) is 0.875. The molecule has 1 aliphatic rings. The van der Waals surface area contributed by atoms with Crippen LogP contribution in [0, 0.1) is 5.92 Å². The van der Waals surface area contributed by atoms with Gasteiger partial charge in [0.15, 0.2) is 0 Å². The van der Waals surface area contributed by atoms with Gasteiger partial charge in [0.2, 0.25) is 0 Å². The summed E-state index contributed by atoms with van der Waals surface area (Å²) in [5.41, 5.74) is 3.93. The van der Waals surface area contributed by atoms with Gasteiger partial charge in [-0.3, -0.25) is 9.35 Å². The summed E-state index contributed by atoms with van der Waals surface area (Å²) < 4.78 is 31.6. The van der Waals surface area contributed by atoms with Crippen molar-refractivity contribution in [3.05, 3.63) is 0 Å². The largest absolute Gasteiger partial charge is 0.480 e. The number of carbonyl (C=O) groups is 1. The van der Waals surface area contributed by atoms with Gasteiger partial charge in [-0.15, -0.1) is 0 Å². The topological polar surface area (TPSA) is 161 Å². The van der Waals surface area contributed by atoms with Gasteiger partial charge >= 0.3 is 23.4 Å². The molecule has 6 N–H and O–H groups in total. The molecular formula is C8H17BN2O7S. The number of nitrogens with two attached hydrogens (primary N) is 1. The van der Waals surface area contributed by atoms with E-state index in [1.807, 2.05) is 0 Å². The van der Waals surface area contributed by atoms with E-state index in [4.69, 9.17) is 25.4 Å². The number of carboxylic acids is 1. The normalized spacial score (nSPS) is 28.5. The Balaban J connectivity index is 2.79. The molecule has 0 aromatic carbocycles. The first kappa shape index (κ1) is 16.3. The molecule has 11 heteroatoms. The predicted octanol–water partition coefficient (Wildman–Crippen LogP) is -2.24. The molecule has 1 aliphatic heterocycles. The summed E-state index contributed by atoms with van der Waals surface area (Å²) in [5.74, 6) is -2.06. The zero-order valence-corrected chi connectivity index (χ0v) is 11.0. The molecule has 1 heterocycles. The number of carboxylic acid groups (broad SMARTS) is 1. The molecule has 0 amide bonds. The summed E-state index contributed by atoms with van der Waals surface area (Å²) in [6, 6.07) is 0. The van der Waals surface area contributed by atoms with E-state index in [-0.39, 0.29) is 25.7 Å². The first-order valence-corrected chi connectivity index (χ1v) is 7.08. The third-order valence-corrected chi connectivity index (χ3v) is 4.26. The van der Waals surface area contributed by atoms with Crippen LogP contribution < -0.4 is 5.73 Å². The summed E-state index contributed by atoms with van der Waals surface area (Å²) in [6.45, 7) is -0.712. The Morgan fingerprint density at radius 1 is 1.47 bits per heavy atom. The molecule has 0 saturated carbocycles. The van der Waals surface area contributed by atoms with Gasteiger partial charge in [-0.05, 0) is 12.7 Å². The molecule has 1 rings (SSSR count). The van der Waals surface area contributed by atoms with Gasteiger partial charge in [-0.2, -0.15) is 12.7 Å². The lowest BCUT2D eigenvalue weighted by Gasteiger charge is -2.25. The van der Waals surface area contributed by atoms with Crippen LogP contribution in [0.3, 0.4) is 0 Å². The lowest BCUT2D eigenvalue weighted by molar-refractivity contribution is -0.144. The molecule has 2 atom stereocenters. The second-order valence-electron chi connectivity index (χ2n) is 4.72. The monoisotopic (exact) mass is 296 g/mol. The molecule has 1 saturated heterocycles. The van der Waals surface area contributed by atoms with Crippen LogP contribution in [0.15, 0.2) is 0 Å². The highest BCUT2D eigenvalue weighted by molar-refractivity contribution is 7.83. The first-order valence-electron chi connectivity index (χ1n) is 5.68. The third-order valence-electron chi connectivity index (χ3n) is 3.33. The van der Waals surface area contributed by atoms with Crippen LogP contribution >= 0.6 is 0 Å². The quantitative estimate of drug-likeness (QED) is 0.271. The Morgan fingerprint density at radius 2 is 2.05 bits per heavy atom. The highest BCUT2D eigenvalue weighted by Gasteiger charge is 2.52. The fourth-order valence-corrected chi connectivity index (χ4v) is 2.95. The van der Waals surface area contributed by atoms with E-state index in [2.05, 4.69) is 0 Å². The van der Waals surface area contributed by atoms with Crippen LogP contribution in [-0.2, 0) is 15.1 Å². The maximum absolute atomic E-state index is 11.2. The van der Waals surface area contributed by atoms with Crippen molar-refractivity contribution in [1.82, 2.24) is 4.31 Å². The molecule has 0 bridgehead atoms. The van der Waals surface area contributed by atoms with Crippen LogP contribution in [0.25, 0.3) is 0 Å². The second kappa shape index (κ2) is 5.73. The van der Waals surface area contributed by atoms with E-state index >= 15 is 0 Å². The molecule has 0 aromatic heterocycles. The number of rotatable bonds is 6. The van der Waals surface area contributed by atoms with Crippen molar-refractivity contribution in [3.63, 3.8) is 0 Å². The Kier molecular flexibility index (Phi) is 4.93. The average molecular weight is 296 g/mol. The molecule has 110 valence electrons. The Morgan fingerprint density at radius 3 is 2.47 bits per heavy atom. The standard InChI is InChI=1S/C8H17BN2O7S/c10-8(7(12)13)5-11(19(16,17)18)4-6(8)2-1-3-9(14)15/h6,14-15H,1-5,10H2,(H,12,13)(H,16,17,18). The Bertz CT molecular complexity index is 442. The Hall–Kier alpha value is -0.715. The summed E-state index contributed by atoms with van der Waals surface area (Å²) in [5, 5.41) is 26.5. The van der Waals surface area contributed by atoms with E-state index in [0.717, 1.165) is 0 Å². The van der Waals surface area contributed by atoms with Gasteiger partial charge in [0, 0.05) is 19.0 Å². The van der Waals surface area contributed by atoms with Crippen molar-refractivity contribution >= 4 is 23.4 Å². The van der Waals surface area contributed by atoms with Crippen LogP contribution in [0.4, 0.5) is 0 Å². The van der Waals surface area contributed by atoms with Gasteiger partial charge in [-0.1, -0.05) is 6.42 Å². The minimum atomic E-state index is -4.49. The van der Waals surface area contributed by atoms with E-state index < -0.39 is 41.4 Å². The summed E-state index contributed by atoms with van der Waals surface area (Å²) in [6.07, 6.45) is 0.540. The summed E-state index contributed by atoms with van der Waals surface area (Å²) >= 11 is 0. The molecule has 0 spiro atoms. The maximum atomic E-state index is 11.2. The Labute approximate surface area is 111 Å². The molecule has 2 unspecified atom stereocenters. The smallest absolute Gasteiger partial charge is 0.451 e. The minimum Gasteiger partial charge on any atom is -0.480 e. The second-order valence-corrected chi connectivity index (χ2v) is 6.14. The lowest BCUT2D eigenvalue weighted by atomic mass is 9.78. The van der Waals surface area contributed by atoms with Crippen LogP contribution in [0.5, 0.6) is 0 Å². The minimum absolute atomic E-state index is 0.0398. The van der Waals surface area contributed by atoms with Gasteiger partial charge in [0.25, 0.3) is 0 Å². The van der Waals surface area contributed by atoms with Crippen molar-refractivity contribution in [2.45, 2.75) is 24.7 Å². The SMILES string of the molecule is NC1(C(=O)O)CN(S(=O)(=O)O)CC1CCCB(O)O. The number of hydrogen-bond donors (Lipinski definition) is 5. The van der Waals surface area contributed by atoms with Gasteiger partial charge in [0.05, 0.1) is 0 Å². The predicted molar refractivity (Wildman–Crippen MR) is 65.4 cm³/mol. The lowest BCUT2D eigenvalue weighted by Crippen LogP contribution is -2.55. The van der Waals surface area contributed by atoms with Crippen molar-refractivity contribution < 1.29 is 32.9 Å². The van der Waals surface area contributed by atoms with E-state index in [9.17, 15) is 13.2 Å². The highest BCUT2D eigenvalue weighted by atomic mass is 32.2. The number of nitrogens with zero attached hydrogens (tertiary/aromatic N) is 1. The molecule has 9 nitrogen and oxygen atoms in total. The van der Waals surface area contributed by atoms with Gasteiger partial charge in [0.1, 0.15) is 5.54 Å². The van der Waals surface area contributed by atoms with Gasteiger partial charge in [-0.25, -0.2) is 0 Å². The van der Waals surface area contributed by atoms with Gasteiger partial charge < -0.3 is 20.9 Å². The summed E-state index contributed by atoms with van der Waals surface area (Å²) in [7, 11) is -5.99. The summed E-state index contributed by atoms with van der Waals surface area (Å²) in [4.78, 5) is 11.2. The average Bonchev–Trinajstić information content (AvgIpc) is 2.57. The number of aliphatic carboxylic acids is 1. The fourth-order valence-electron chi connectivity index (χ4n) is 2.21. The molecule has 0 radical (unpaired) electrons. The van der Waals surface area contributed by atoms with E-state index in [0.29, 0.717) is 4.31 Å². The van der Waals surface area contributed by atoms with Crippen LogP contribution in [0.1, 0.15) is 12.8 Å². The third kappa shape index (κ3) is 3.87. The highest BCUT2D eigenvalue weighted by Crippen LogP contribution is 2.31. The molecule has 19 heavy (non-hydrogen) atoms. The first-order chi connectivity index (χ1) is 8.57. The van der Waals surface area contributed by atoms with Crippen molar-refractivity contribution in [2.75, 3.05) is 13.1 Å². The van der Waals surface area contributed by atoms with Crippen molar-refractivity contribution in [3.8, 4) is 0 Å². The van der Waals surface area contributed by atoms with Crippen LogP contribution in [0.2, 0.25) is 6.32 Å². The zero-order valence-electron chi connectivity index (χ0n) is 10.1. The molecule has 0 aromatic rings. The van der Waals surface area contributed by atoms with Crippen molar-refractivity contribution in [2.24, 2.45) is 11.7 Å². The zero-order chi connectivity index (χ0) is 14.8. The van der Waals surface area contributed by atoms with E-state index in [1.54, 1.807) is 0 Å².